The van der Waals surface area contributed by atoms with Gasteiger partial charge in [-0.25, -0.2) is 8.78 Å². The molecule has 0 spiro atoms. The van der Waals surface area contributed by atoms with Crippen molar-refractivity contribution in [2.24, 2.45) is 0 Å². The first-order valence-corrected chi connectivity index (χ1v) is 7.06. The minimum Gasteiger partial charge on any atom is -0.322 e. The maximum atomic E-state index is 13.4. The van der Waals surface area contributed by atoms with Crippen molar-refractivity contribution in [2.75, 3.05) is 5.32 Å². The van der Waals surface area contributed by atoms with Gasteiger partial charge in [0.1, 0.15) is 11.6 Å². The molecule has 2 nitrogen and oxygen atoms in total. The van der Waals surface area contributed by atoms with Gasteiger partial charge >= 0.3 is 0 Å². The number of hydrogen-bond donors (Lipinski definition) is 1. The average Bonchev–Trinajstić information content (AvgIpc) is 2.33. The second-order valence-electron chi connectivity index (χ2n) is 3.71. The van der Waals surface area contributed by atoms with Crippen molar-refractivity contribution < 1.29 is 13.6 Å². The predicted octanol–water partition coefficient (Wildman–Crippen LogP) is 4.58. The Balaban J connectivity index is 2.23. The van der Waals surface area contributed by atoms with Gasteiger partial charge in [-0.05, 0) is 68.9 Å². The van der Waals surface area contributed by atoms with Crippen LogP contribution in [0.5, 0.6) is 0 Å². The largest absolute Gasteiger partial charge is 0.322 e. The van der Waals surface area contributed by atoms with E-state index in [-0.39, 0.29) is 5.56 Å². The summed E-state index contributed by atoms with van der Waals surface area (Å²) in [5, 5.41) is 2.55. The lowest BCUT2D eigenvalue weighted by molar-refractivity contribution is 0.102. The number of halogens is 4. The van der Waals surface area contributed by atoms with Crippen LogP contribution in [0.15, 0.2) is 40.9 Å². The molecule has 6 heteroatoms. The standard InChI is InChI=1S/C13H7BrF2INO/c14-10-6-8(2-4-12(10)17)18-13(19)9-3-1-7(15)5-11(9)16/h1-6H,(H,18,19). The minimum absolute atomic E-state index is 0.198. The Morgan fingerprint density at radius 3 is 2.53 bits per heavy atom. The molecule has 0 aliphatic rings. The van der Waals surface area contributed by atoms with Gasteiger partial charge in [-0.2, -0.15) is 0 Å². The number of amides is 1. The summed E-state index contributed by atoms with van der Waals surface area (Å²) in [5.41, 5.74) is 0.331. The van der Waals surface area contributed by atoms with E-state index < -0.39 is 17.5 Å². The third-order valence-corrected chi connectivity index (χ3v) is 4.69. The molecule has 0 heterocycles. The molecular formula is C13H7BrF2INO. The molecule has 2 aromatic rings. The molecule has 0 saturated carbocycles. The van der Waals surface area contributed by atoms with Gasteiger partial charge in [-0.3, -0.25) is 4.79 Å². The molecule has 2 aromatic carbocycles. The summed E-state index contributed by atoms with van der Waals surface area (Å²) >= 11 is 5.47. The Kier molecular flexibility index (Phi) is 4.51. The fraction of sp³-hybridized carbons (Fsp3) is 0. The lowest BCUT2D eigenvalue weighted by Gasteiger charge is -2.07. The van der Waals surface area contributed by atoms with Crippen LogP contribution in [0, 0.1) is 15.2 Å². The third-order valence-electron chi connectivity index (χ3n) is 2.35. The van der Waals surface area contributed by atoms with Gasteiger partial charge in [0.05, 0.1) is 5.56 Å². The summed E-state index contributed by atoms with van der Waals surface area (Å²) in [7, 11) is 0. The zero-order chi connectivity index (χ0) is 14.0. The van der Waals surface area contributed by atoms with E-state index in [4.69, 9.17) is 0 Å². The minimum atomic E-state index is -0.887. The molecule has 19 heavy (non-hydrogen) atoms. The highest BCUT2D eigenvalue weighted by atomic mass is 127. The molecule has 0 aliphatic carbocycles. The number of carbonyl (C=O) groups excluding carboxylic acids is 1. The van der Waals surface area contributed by atoms with Crippen molar-refractivity contribution in [2.45, 2.75) is 0 Å². The topological polar surface area (TPSA) is 29.1 Å². The van der Waals surface area contributed by atoms with Gasteiger partial charge < -0.3 is 5.32 Å². The van der Waals surface area contributed by atoms with Gasteiger partial charge in [0, 0.05) is 19.8 Å². The smallest absolute Gasteiger partial charge is 0.258 e. The molecular weight excluding hydrogens is 431 g/mol. The summed E-state index contributed by atoms with van der Waals surface area (Å²) in [6.45, 7) is 0. The van der Waals surface area contributed by atoms with Crippen LogP contribution < -0.4 is 5.32 Å². The predicted molar refractivity (Wildman–Crippen MR) is 81.2 cm³/mol. The lowest BCUT2D eigenvalue weighted by atomic mass is 10.2. The van der Waals surface area contributed by atoms with E-state index >= 15 is 0 Å². The first-order chi connectivity index (χ1) is 8.97. The quantitative estimate of drug-likeness (QED) is 0.684. The number of anilines is 1. The molecule has 98 valence electrons. The van der Waals surface area contributed by atoms with Gasteiger partial charge in [0.15, 0.2) is 0 Å². The highest BCUT2D eigenvalue weighted by molar-refractivity contribution is 14.1. The maximum Gasteiger partial charge on any atom is 0.258 e. The molecule has 0 radical (unpaired) electrons. The molecule has 2 rings (SSSR count). The van der Waals surface area contributed by atoms with Crippen LogP contribution in [0.1, 0.15) is 10.4 Å². The van der Waals surface area contributed by atoms with Crippen molar-refractivity contribution in [3.8, 4) is 0 Å². The maximum absolute atomic E-state index is 13.4. The fourth-order valence-corrected chi connectivity index (χ4v) is 2.16. The fourth-order valence-electron chi connectivity index (χ4n) is 1.45. The Bertz CT molecular complexity index is 649. The highest BCUT2D eigenvalue weighted by Gasteiger charge is 2.13. The third kappa shape index (κ3) is 3.50. The van der Waals surface area contributed by atoms with Gasteiger partial charge in [-0.1, -0.05) is 0 Å². The van der Waals surface area contributed by atoms with Crippen LogP contribution in [0.4, 0.5) is 14.5 Å². The Labute approximate surface area is 130 Å². The molecule has 0 bridgehead atoms. The summed E-state index contributed by atoms with van der Waals surface area (Å²) < 4.78 is 28.0. The summed E-state index contributed by atoms with van der Waals surface area (Å²) in [6, 6.07) is 8.05. The average molecular weight is 438 g/mol. The molecule has 0 aromatic heterocycles. The molecule has 1 N–H and O–H groups in total. The van der Waals surface area contributed by atoms with Gasteiger partial charge in [-0.15, -0.1) is 0 Å². The Hall–Kier alpha value is -1.02. The number of hydrogen-bond acceptors (Lipinski definition) is 1. The number of benzene rings is 2. The van der Waals surface area contributed by atoms with Crippen LogP contribution in [-0.4, -0.2) is 5.91 Å². The van der Waals surface area contributed by atoms with E-state index in [2.05, 4.69) is 43.8 Å². The van der Waals surface area contributed by atoms with Crippen molar-refractivity contribution in [3.05, 3.63) is 61.6 Å². The summed E-state index contributed by atoms with van der Waals surface area (Å²) in [6.07, 6.45) is 0. The Morgan fingerprint density at radius 2 is 1.89 bits per heavy atom. The molecule has 0 unspecified atom stereocenters. The van der Waals surface area contributed by atoms with E-state index in [9.17, 15) is 13.6 Å². The number of carbonyl (C=O) groups is 1. The van der Waals surface area contributed by atoms with Gasteiger partial charge in [0.25, 0.3) is 5.91 Å². The number of nitrogens with one attached hydrogen (secondary N) is 1. The zero-order valence-corrected chi connectivity index (χ0v) is 13.1. The summed E-state index contributed by atoms with van der Waals surface area (Å²) in [4.78, 5) is 11.9. The lowest BCUT2D eigenvalue weighted by Crippen LogP contribution is -2.14. The number of rotatable bonds is 2. The van der Waals surface area contributed by atoms with E-state index in [1.807, 2.05) is 0 Å². The van der Waals surface area contributed by atoms with Crippen LogP contribution >= 0.6 is 38.5 Å². The highest BCUT2D eigenvalue weighted by Crippen LogP contribution is 2.23. The molecule has 0 aliphatic heterocycles. The van der Waals surface area contributed by atoms with Crippen molar-refractivity contribution in [3.63, 3.8) is 0 Å². The van der Waals surface area contributed by atoms with Crippen LogP contribution in [0.25, 0.3) is 0 Å². The van der Waals surface area contributed by atoms with Crippen molar-refractivity contribution in [1.29, 1.82) is 0 Å². The summed E-state index contributed by atoms with van der Waals surface area (Å²) in [5.74, 6) is -2.22. The van der Waals surface area contributed by atoms with Crippen LogP contribution in [0.2, 0.25) is 0 Å². The van der Waals surface area contributed by atoms with E-state index in [0.29, 0.717) is 11.8 Å². The monoisotopic (exact) mass is 437 g/mol. The van der Waals surface area contributed by atoms with Gasteiger partial charge in [0.2, 0.25) is 0 Å². The zero-order valence-electron chi connectivity index (χ0n) is 9.38. The second kappa shape index (κ2) is 5.96. The van der Waals surface area contributed by atoms with Crippen molar-refractivity contribution in [1.82, 2.24) is 0 Å². The van der Waals surface area contributed by atoms with Crippen molar-refractivity contribution >= 4 is 50.1 Å². The van der Waals surface area contributed by atoms with E-state index in [0.717, 1.165) is 20.2 Å². The van der Waals surface area contributed by atoms with Crippen LogP contribution in [0.3, 0.4) is 0 Å². The van der Waals surface area contributed by atoms with Crippen LogP contribution in [-0.2, 0) is 0 Å². The van der Waals surface area contributed by atoms with E-state index in [1.165, 1.54) is 0 Å². The molecule has 1 amide bonds. The second-order valence-corrected chi connectivity index (χ2v) is 5.72. The molecule has 0 saturated heterocycles. The normalized spacial score (nSPS) is 10.3. The molecule has 0 atom stereocenters. The Morgan fingerprint density at radius 1 is 1.16 bits per heavy atom. The van der Waals surface area contributed by atoms with E-state index in [1.54, 1.807) is 18.2 Å². The molecule has 0 fully saturated rings. The first kappa shape index (κ1) is 14.4. The SMILES string of the molecule is O=C(Nc1ccc(I)c(Br)c1)c1ccc(F)cc1F. The first-order valence-electron chi connectivity index (χ1n) is 5.19.